The van der Waals surface area contributed by atoms with Crippen molar-refractivity contribution in [3.05, 3.63) is 35.4 Å². The molecule has 1 unspecified atom stereocenters. The third kappa shape index (κ3) is 1.31. The van der Waals surface area contributed by atoms with Crippen LogP contribution < -0.4 is 0 Å². The number of aryl methyl sites for hydroxylation is 1. The lowest BCUT2D eigenvalue weighted by Gasteiger charge is -2.19. The van der Waals surface area contributed by atoms with Gasteiger partial charge in [0.1, 0.15) is 0 Å². The number of esters is 1. The summed E-state index contributed by atoms with van der Waals surface area (Å²) in [5.41, 5.74) is 1.85. The predicted octanol–water partition coefficient (Wildman–Crippen LogP) is 2.20. The van der Waals surface area contributed by atoms with Crippen LogP contribution in [0.25, 0.3) is 0 Å². The van der Waals surface area contributed by atoms with Crippen LogP contribution in [0.3, 0.4) is 0 Å². The third-order valence-corrected chi connectivity index (χ3v) is 2.97. The van der Waals surface area contributed by atoms with E-state index in [2.05, 4.69) is 0 Å². The topological polar surface area (TPSA) is 26.3 Å². The van der Waals surface area contributed by atoms with E-state index in [4.69, 9.17) is 4.74 Å². The molecule has 1 atom stereocenters. The van der Waals surface area contributed by atoms with Gasteiger partial charge in [0.15, 0.2) is 0 Å². The summed E-state index contributed by atoms with van der Waals surface area (Å²) in [5, 5.41) is 0. The van der Waals surface area contributed by atoms with Crippen LogP contribution in [0, 0.1) is 6.92 Å². The van der Waals surface area contributed by atoms with Crippen molar-refractivity contribution in [1.82, 2.24) is 0 Å². The molecule has 1 aromatic carbocycles. The van der Waals surface area contributed by atoms with E-state index in [0.717, 1.165) is 12.0 Å². The van der Waals surface area contributed by atoms with Gasteiger partial charge in [-0.15, -0.1) is 0 Å². The lowest BCUT2D eigenvalue weighted by atomic mass is 9.81. The smallest absolute Gasteiger partial charge is 0.316 e. The number of hydrogen-bond donors (Lipinski definition) is 0. The van der Waals surface area contributed by atoms with Gasteiger partial charge in [-0.2, -0.15) is 0 Å². The zero-order valence-corrected chi connectivity index (χ0v) is 8.54. The van der Waals surface area contributed by atoms with E-state index >= 15 is 0 Å². The lowest BCUT2D eigenvalue weighted by molar-refractivity contribution is -0.142. The van der Waals surface area contributed by atoms with Crippen LogP contribution >= 0.6 is 0 Å². The Morgan fingerprint density at radius 2 is 1.93 bits per heavy atom. The number of rotatable bonds is 1. The Bertz CT molecular complexity index is 353. The Labute approximate surface area is 83.9 Å². The average Bonchev–Trinajstić information content (AvgIpc) is 2.49. The Morgan fingerprint density at radius 1 is 1.29 bits per heavy atom. The molecule has 0 amide bonds. The van der Waals surface area contributed by atoms with Gasteiger partial charge in [0.25, 0.3) is 0 Å². The maximum Gasteiger partial charge on any atom is 0.316 e. The molecule has 2 nitrogen and oxygen atoms in total. The molecule has 1 fully saturated rings. The van der Waals surface area contributed by atoms with Crippen molar-refractivity contribution in [2.45, 2.75) is 25.7 Å². The van der Waals surface area contributed by atoms with Crippen LogP contribution in [0.15, 0.2) is 24.3 Å². The Hall–Kier alpha value is -1.31. The Kier molecular flexibility index (Phi) is 2.06. The van der Waals surface area contributed by atoms with Gasteiger partial charge in [-0.1, -0.05) is 29.8 Å². The van der Waals surface area contributed by atoms with Crippen molar-refractivity contribution in [1.29, 1.82) is 0 Å². The minimum atomic E-state index is -0.423. The third-order valence-electron chi connectivity index (χ3n) is 2.97. The van der Waals surface area contributed by atoms with Crippen LogP contribution in [-0.2, 0) is 14.9 Å². The van der Waals surface area contributed by atoms with Gasteiger partial charge < -0.3 is 4.74 Å². The second-order valence-electron chi connectivity index (χ2n) is 4.08. The highest BCUT2D eigenvalue weighted by Crippen LogP contribution is 2.33. The first-order chi connectivity index (χ1) is 6.63. The van der Waals surface area contributed by atoms with Crippen molar-refractivity contribution in [2.24, 2.45) is 0 Å². The molecule has 0 N–H and O–H groups in total. The quantitative estimate of drug-likeness (QED) is 0.634. The molecule has 14 heavy (non-hydrogen) atoms. The van der Waals surface area contributed by atoms with E-state index in [9.17, 15) is 4.79 Å². The lowest BCUT2D eigenvalue weighted by Crippen LogP contribution is -2.27. The van der Waals surface area contributed by atoms with Gasteiger partial charge in [0.05, 0.1) is 12.0 Å². The minimum Gasteiger partial charge on any atom is -0.465 e. The summed E-state index contributed by atoms with van der Waals surface area (Å²) in [7, 11) is 0. The second-order valence-corrected chi connectivity index (χ2v) is 4.08. The molecule has 2 heteroatoms. The number of cyclic esters (lactones) is 1. The fourth-order valence-electron chi connectivity index (χ4n) is 1.79. The molecular weight excluding hydrogens is 176 g/mol. The number of carbonyl (C=O) groups is 1. The van der Waals surface area contributed by atoms with Crippen molar-refractivity contribution in [3.63, 3.8) is 0 Å². The molecule has 1 aromatic rings. The summed E-state index contributed by atoms with van der Waals surface area (Å²) in [5.74, 6) is -0.0960. The Morgan fingerprint density at radius 3 is 2.43 bits per heavy atom. The molecule has 0 aromatic heterocycles. The van der Waals surface area contributed by atoms with Crippen molar-refractivity contribution < 1.29 is 9.53 Å². The highest BCUT2D eigenvalue weighted by molar-refractivity contribution is 5.84. The molecule has 0 saturated carbocycles. The maximum absolute atomic E-state index is 11.6. The van der Waals surface area contributed by atoms with Crippen LogP contribution in [-0.4, -0.2) is 12.6 Å². The predicted molar refractivity (Wildman–Crippen MR) is 54.1 cm³/mol. The molecule has 2 rings (SSSR count). The second kappa shape index (κ2) is 3.12. The number of carbonyl (C=O) groups excluding carboxylic acids is 1. The van der Waals surface area contributed by atoms with Crippen LogP contribution in [0.1, 0.15) is 24.5 Å². The van der Waals surface area contributed by atoms with E-state index in [1.54, 1.807) is 0 Å². The summed E-state index contributed by atoms with van der Waals surface area (Å²) in [6.07, 6.45) is 0.787. The summed E-state index contributed by atoms with van der Waals surface area (Å²) in [4.78, 5) is 11.6. The van der Waals surface area contributed by atoms with Crippen molar-refractivity contribution in [2.75, 3.05) is 6.61 Å². The zero-order valence-electron chi connectivity index (χ0n) is 8.54. The first kappa shape index (κ1) is 9.25. The van der Waals surface area contributed by atoms with Crippen LogP contribution in [0.5, 0.6) is 0 Å². The molecule has 1 aliphatic rings. The molecule has 0 bridgehead atoms. The molecule has 1 heterocycles. The molecule has 74 valence electrons. The minimum absolute atomic E-state index is 0.0960. The largest absolute Gasteiger partial charge is 0.465 e. The van der Waals surface area contributed by atoms with E-state index in [1.807, 2.05) is 38.1 Å². The zero-order chi connectivity index (χ0) is 10.2. The van der Waals surface area contributed by atoms with Gasteiger partial charge in [-0.25, -0.2) is 0 Å². The van der Waals surface area contributed by atoms with Gasteiger partial charge in [-0.05, 0) is 19.4 Å². The Balaban J connectivity index is 2.38. The highest BCUT2D eigenvalue weighted by Gasteiger charge is 2.41. The fraction of sp³-hybridized carbons (Fsp3) is 0.417. The fourth-order valence-corrected chi connectivity index (χ4v) is 1.79. The molecule has 0 radical (unpaired) electrons. The van der Waals surface area contributed by atoms with Crippen molar-refractivity contribution >= 4 is 5.97 Å². The number of ether oxygens (including phenoxy) is 1. The summed E-state index contributed by atoms with van der Waals surface area (Å²) < 4.78 is 5.01. The highest BCUT2D eigenvalue weighted by atomic mass is 16.5. The monoisotopic (exact) mass is 190 g/mol. The SMILES string of the molecule is Cc1ccc(C2(C)CCOC2=O)cc1. The van der Waals surface area contributed by atoms with E-state index in [0.29, 0.717) is 6.61 Å². The number of benzene rings is 1. The average molecular weight is 190 g/mol. The molecule has 1 saturated heterocycles. The van der Waals surface area contributed by atoms with E-state index in [-0.39, 0.29) is 5.97 Å². The molecule has 1 aliphatic heterocycles. The van der Waals surface area contributed by atoms with Gasteiger partial charge in [0, 0.05) is 6.42 Å². The molecule has 0 aliphatic carbocycles. The van der Waals surface area contributed by atoms with E-state index in [1.165, 1.54) is 5.56 Å². The normalized spacial score (nSPS) is 26.3. The first-order valence-corrected chi connectivity index (χ1v) is 4.87. The van der Waals surface area contributed by atoms with Crippen LogP contribution in [0.4, 0.5) is 0 Å². The van der Waals surface area contributed by atoms with Crippen LogP contribution in [0.2, 0.25) is 0 Å². The standard InChI is InChI=1S/C12H14O2/c1-9-3-5-10(6-4-9)12(2)7-8-14-11(12)13/h3-6H,7-8H2,1-2H3. The van der Waals surface area contributed by atoms with E-state index < -0.39 is 5.41 Å². The van der Waals surface area contributed by atoms with Gasteiger partial charge in [0.2, 0.25) is 0 Å². The summed E-state index contributed by atoms with van der Waals surface area (Å²) in [6.45, 7) is 4.54. The maximum atomic E-state index is 11.6. The first-order valence-electron chi connectivity index (χ1n) is 4.87. The molecule has 0 spiro atoms. The summed E-state index contributed by atoms with van der Waals surface area (Å²) >= 11 is 0. The molecular formula is C12H14O2. The number of hydrogen-bond acceptors (Lipinski definition) is 2. The van der Waals surface area contributed by atoms with Gasteiger partial charge >= 0.3 is 5.97 Å². The van der Waals surface area contributed by atoms with Crippen molar-refractivity contribution in [3.8, 4) is 0 Å². The van der Waals surface area contributed by atoms with Gasteiger partial charge in [-0.3, -0.25) is 4.79 Å². The summed E-state index contributed by atoms with van der Waals surface area (Å²) in [6, 6.07) is 8.10.